The van der Waals surface area contributed by atoms with Gasteiger partial charge < -0.3 is 15.4 Å². The van der Waals surface area contributed by atoms with Crippen LogP contribution in [0.1, 0.15) is 29.6 Å². The van der Waals surface area contributed by atoms with Gasteiger partial charge in [-0.15, -0.1) is 0 Å². The van der Waals surface area contributed by atoms with Gasteiger partial charge in [-0.2, -0.15) is 0 Å². The maximum Gasteiger partial charge on any atom is 0.251 e. The predicted molar refractivity (Wildman–Crippen MR) is 97.2 cm³/mol. The highest BCUT2D eigenvalue weighted by atomic mass is 32.2. The number of carbonyl (C=O) groups excluding carboxylic acids is 1. The molecule has 2 aliphatic heterocycles. The minimum absolute atomic E-state index is 0.00963. The van der Waals surface area contributed by atoms with E-state index in [1.54, 1.807) is 18.9 Å². The van der Waals surface area contributed by atoms with E-state index in [4.69, 9.17) is 4.74 Å². The number of hydrogen-bond acceptors (Lipinski definition) is 5. The number of methoxy groups -OCH3 is 1. The van der Waals surface area contributed by atoms with Crippen LogP contribution >= 0.6 is 11.8 Å². The van der Waals surface area contributed by atoms with E-state index in [2.05, 4.69) is 15.6 Å². The number of amides is 1. The molecule has 25 heavy (non-hydrogen) atoms. The lowest BCUT2D eigenvalue weighted by Gasteiger charge is -2.21. The Balaban J connectivity index is 1.38. The Morgan fingerprint density at radius 1 is 1.24 bits per heavy atom. The van der Waals surface area contributed by atoms with E-state index in [9.17, 15) is 4.79 Å². The summed E-state index contributed by atoms with van der Waals surface area (Å²) in [6, 6.07) is 14.6. The molecular formula is C19H21N3O2S. The van der Waals surface area contributed by atoms with Crippen LogP contribution in [0.3, 0.4) is 0 Å². The summed E-state index contributed by atoms with van der Waals surface area (Å²) in [5, 5.41) is 7.58. The average Bonchev–Trinajstić information content (AvgIpc) is 3.25. The first-order valence-electron chi connectivity index (χ1n) is 8.57. The lowest BCUT2D eigenvalue weighted by atomic mass is 9.95. The van der Waals surface area contributed by atoms with Crippen LogP contribution < -0.4 is 15.4 Å². The molecule has 5 nitrogen and oxygen atoms in total. The zero-order valence-corrected chi connectivity index (χ0v) is 14.9. The van der Waals surface area contributed by atoms with Crippen LogP contribution in [0.2, 0.25) is 0 Å². The highest BCUT2D eigenvalue weighted by Crippen LogP contribution is 2.29. The number of fused-ring (bicyclic) bond motifs is 2. The number of nitrogens with zero attached hydrogens (tertiary/aromatic N) is 1. The molecule has 3 heterocycles. The van der Waals surface area contributed by atoms with Gasteiger partial charge in [0, 0.05) is 34.7 Å². The van der Waals surface area contributed by atoms with E-state index in [1.165, 1.54) is 12.8 Å². The summed E-state index contributed by atoms with van der Waals surface area (Å²) < 4.78 is 5.14. The minimum Gasteiger partial charge on any atom is -0.481 e. The van der Waals surface area contributed by atoms with Crippen molar-refractivity contribution in [2.75, 3.05) is 7.11 Å². The second-order valence-corrected chi connectivity index (χ2v) is 7.60. The van der Waals surface area contributed by atoms with Gasteiger partial charge in [-0.1, -0.05) is 17.8 Å². The molecule has 1 aromatic carbocycles. The van der Waals surface area contributed by atoms with Crippen LogP contribution in [-0.4, -0.2) is 36.1 Å². The van der Waals surface area contributed by atoms with Crippen molar-refractivity contribution in [2.24, 2.45) is 0 Å². The molecule has 2 bridgehead atoms. The summed E-state index contributed by atoms with van der Waals surface area (Å²) in [5.74, 6) is 0.607. The molecule has 0 spiro atoms. The zero-order chi connectivity index (χ0) is 17.2. The summed E-state index contributed by atoms with van der Waals surface area (Å²) in [6.45, 7) is 0. The fourth-order valence-electron chi connectivity index (χ4n) is 3.60. The smallest absolute Gasteiger partial charge is 0.251 e. The van der Waals surface area contributed by atoms with Gasteiger partial charge in [-0.05, 0) is 49.6 Å². The fourth-order valence-corrected chi connectivity index (χ4v) is 4.39. The topological polar surface area (TPSA) is 63.2 Å². The molecular weight excluding hydrogens is 334 g/mol. The third-order valence-electron chi connectivity index (χ3n) is 4.86. The predicted octanol–water partition coefficient (Wildman–Crippen LogP) is 2.86. The van der Waals surface area contributed by atoms with Crippen molar-refractivity contribution in [2.45, 2.75) is 47.3 Å². The summed E-state index contributed by atoms with van der Waals surface area (Å²) in [7, 11) is 1.61. The van der Waals surface area contributed by atoms with E-state index in [-0.39, 0.29) is 11.9 Å². The third-order valence-corrected chi connectivity index (χ3v) is 5.81. The van der Waals surface area contributed by atoms with E-state index in [0.29, 0.717) is 23.5 Å². The average molecular weight is 355 g/mol. The second kappa shape index (κ2) is 7.06. The fraction of sp³-hybridized carbons (Fsp3) is 0.368. The normalized spacial score (nSPS) is 24.3. The van der Waals surface area contributed by atoms with Crippen molar-refractivity contribution < 1.29 is 9.53 Å². The van der Waals surface area contributed by atoms with Crippen LogP contribution in [0.5, 0.6) is 5.88 Å². The first-order chi connectivity index (χ1) is 12.2. The molecule has 0 aliphatic carbocycles. The van der Waals surface area contributed by atoms with Crippen molar-refractivity contribution in [1.29, 1.82) is 0 Å². The summed E-state index contributed by atoms with van der Waals surface area (Å²) in [4.78, 5) is 17.9. The Labute approximate surface area is 151 Å². The zero-order valence-electron chi connectivity index (χ0n) is 14.1. The Kier molecular flexibility index (Phi) is 4.63. The monoisotopic (exact) mass is 355 g/mol. The molecule has 2 aromatic rings. The van der Waals surface area contributed by atoms with Crippen LogP contribution in [0.25, 0.3) is 0 Å². The van der Waals surface area contributed by atoms with Gasteiger partial charge in [0.2, 0.25) is 5.88 Å². The number of hydrogen-bond donors (Lipinski definition) is 2. The Bertz CT molecular complexity index is 766. The third kappa shape index (κ3) is 3.65. The number of benzene rings is 1. The van der Waals surface area contributed by atoms with Gasteiger partial charge in [0.25, 0.3) is 5.91 Å². The van der Waals surface area contributed by atoms with E-state index in [1.807, 2.05) is 42.5 Å². The Hall–Kier alpha value is -2.05. The summed E-state index contributed by atoms with van der Waals surface area (Å²) >= 11 is 1.55. The van der Waals surface area contributed by atoms with Gasteiger partial charge in [0.1, 0.15) is 5.03 Å². The van der Waals surface area contributed by atoms with Crippen molar-refractivity contribution in [3.63, 3.8) is 0 Å². The number of carbonyl (C=O) groups is 1. The number of pyridine rings is 1. The Morgan fingerprint density at radius 2 is 2.08 bits per heavy atom. The maximum atomic E-state index is 12.5. The van der Waals surface area contributed by atoms with Gasteiger partial charge in [0.15, 0.2) is 0 Å². The highest BCUT2D eigenvalue weighted by molar-refractivity contribution is 7.99. The molecule has 2 fully saturated rings. The standard InChI is InChI=1S/C19H21N3O2S/c1-24-17-3-2-4-18(22-17)25-14-8-5-12(6-9-14)19(23)21-16-11-13-7-10-15(16)20-13/h2-6,8-9,13,15-16,20H,7,10-11H2,1H3,(H,21,23)/t13-,15+,16-/m1/s1. The van der Waals surface area contributed by atoms with Crippen molar-refractivity contribution >= 4 is 17.7 Å². The van der Waals surface area contributed by atoms with Crippen molar-refractivity contribution in [1.82, 2.24) is 15.6 Å². The molecule has 0 saturated carbocycles. The molecule has 4 rings (SSSR count). The molecule has 130 valence electrons. The second-order valence-electron chi connectivity index (χ2n) is 6.51. The number of ether oxygens (including phenoxy) is 1. The maximum absolute atomic E-state index is 12.5. The molecule has 2 aliphatic rings. The molecule has 2 saturated heterocycles. The van der Waals surface area contributed by atoms with Crippen molar-refractivity contribution in [3.05, 3.63) is 48.0 Å². The van der Waals surface area contributed by atoms with Crippen LogP contribution in [-0.2, 0) is 0 Å². The SMILES string of the molecule is COc1cccc(Sc2ccc(C(=O)N[C@@H]3C[C@H]4CC[C@@H]3N4)cc2)n1. The van der Waals surface area contributed by atoms with Gasteiger partial charge in [-0.3, -0.25) is 4.79 Å². The largest absolute Gasteiger partial charge is 0.481 e. The number of rotatable bonds is 5. The highest BCUT2D eigenvalue weighted by Gasteiger charge is 2.39. The first-order valence-corrected chi connectivity index (χ1v) is 9.39. The Morgan fingerprint density at radius 3 is 2.76 bits per heavy atom. The summed E-state index contributed by atoms with van der Waals surface area (Å²) in [6.07, 6.45) is 3.45. The molecule has 0 radical (unpaired) electrons. The van der Waals surface area contributed by atoms with Gasteiger partial charge in [-0.25, -0.2) is 4.98 Å². The molecule has 1 aromatic heterocycles. The number of aromatic nitrogens is 1. The molecule has 6 heteroatoms. The van der Waals surface area contributed by atoms with Crippen LogP contribution in [0.4, 0.5) is 0 Å². The van der Waals surface area contributed by atoms with E-state index < -0.39 is 0 Å². The van der Waals surface area contributed by atoms with Gasteiger partial charge in [0.05, 0.1) is 7.11 Å². The van der Waals surface area contributed by atoms with Crippen LogP contribution in [0.15, 0.2) is 52.4 Å². The minimum atomic E-state index is 0.00963. The molecule has 3 atom stereocenters. The number of nitrogens with one attached hydrogen (secondary N) is 2. The summed E-state index contributed by atoms with van der Waals surface area (Å²) in [5.41, 5.74) is 0.700. The molecule has 1 amide bonds. The van der Waals surface area contributed by atoms with Crippen LogP contribution in [0, 0.1) is 0 Å². The van der Waals surface area contributed by atoms with E-state index >= 15 is 0 Å². The van der Waals surface area contributed by atoms with Crippen molar-refractivity contribution in [3.8, 4) is 5.88 Å². The molecule has 0 unspecified atom stereocenters. The lowest BCUT2D eigenvalue weighted by Crippen LogP contribution is -2.42. The molecule has 2 N–H and O–H groups in total. The first kappa shape index (κ1) is 16.4. The van der Waals surface area contributed by atoms with E-state index in [0.717, 1.165) is 16.3 Å². The lowest BCUT2D eigenvalue weighted by molar-refractivity contribution is 0.0931. The quantitative estimate of drug-likeness (QED) is 0.863. The van der Waals surface area contributed by atoms with Gasteiger partial charge >= 0.3 is 0 Å².